The summed E-state index contributed by atoms with van der Waals surface area (Å²) in [6.45, 7) is 3.55. The first-order valence-corrected chi connectivity index (χ1v) is 9.75. The molecule has 0 aliphatic carbocycles. The van der Waals surface area contributed by atoms with Gasteiger partial charge < -0.3 is 5.32 Å². The molecule has 2 aromatic rings. The fourth-order valence-corrected chi connectivity index (χ4v) is 4.70. The largest absolute Gasteiger partial charge is 0.310 e. The predicted molar refractivity (Wildman–Crippen MR) is 89.8 cm³/mol. The number of rotatable bonds is 6. The molecule has 0 spiro atoms. The van der Waals surface area contributed by atoms with Crippen molar-refractivity contribution in [3.63, 3.8) is 0 Å². The number of para-hydroxylation sites is 1. The Labute approximate surface area is 135 Å². The first-order chi connectivity index (χ1) is 10.6. The van der Waals surface area contributed by atoms with Crippen LogP contribution in [0.15, 0.2) is 29.6 Å². The molecule has 118 valence electrons. The number of fused-ring (bicyclic) bond motifs is 1. The molecule has 1 aliphatic rings. The molecule has 0 saturated carbocycles. The highest BCUT2D eigenvalue weighted by atomic mass is 32.2. The maximum atomic E-state index is 12.5. The highest BCUT2D eigenvalue weighted by Crippen LogP contribution is 2.29. The van der Waals surface area contributed by atoms with Crippen molar-refractivity contribution in [2.24, 2.45) is 0 Å². The average molecular weight is 337 g/mol. The van der Waals surface area contributed by atoms with Crippen molar-refractivity contribution >= 4 is 27.0 Å². The molecule has 1 N–H and O–H groups in total. The van der Waals surface area contributed by atoms with Crippen molar-refractivity contribution in [3.05, 3.63) is 45.9 Å². The van der Waals surface area contributed by atoms with Crippen LogP contribution in [0, 0.1) is 6.92 Å². The number of sulfonamides is 1. The molecule has 0 radical (unpaired) electrons. The van der Waals surface area contributed by atoms with Crippen LogP contribution in [0.2, 0.25) is 0 Å². The lowest BCUT2D eigenvalue weighted by atomic mass is 10.2. The van der Waals surface area contributed by atoms with Crippen molar-refractivity contribution in [2.75, 3.05) is 23.1 Å². The van der Waals surface area contributed by atoms with Gasteiger partial charge in [0, 0.05) is 25.0 Å². The fraction of sp³-hybridized carbons (Fsp3) is 0.400. The van der Waals surface area contributed by atoms with Crippen LogP contribution in [0.4, 0.5) is 5.69 Å². The molecule has 0 unspecified atom stereocenters. The number of benzene rings is 1. The van der Waals surface area contributed by atoms with Crippen molar-refractivity contribution in [1.82, 2.24) is 10.3 Å². The number of aryl methyl sites for hydroxylation is 1. The van der Waals surface area contributed by atoms with Gasteiger partial charge in [0.25, 0.3) is 0 Å². The number of hydrogen-bond acceptors (Lipinski definition) is 5. The number of aromatic nitrogens is 1. The van der Waals surface area contributed by atoms with Crippen molar-refractivity contribution < 1.29 is 8.42 Å². The molecular formula is C15H19N3O2S2. The van der Waals surface area contributed by atoms with E-state index >= 15 is 0 Å². The van der Waals surface area contributed by atoms with Crippen LogP contribution in [-0.4, -0.2) is 32.2 Å². The summed E-state index contributed by atoms with van der Waals surface area (Å²) in [5, 5.41) is 6.18. The summed E-state index contributed by atoms with van der Waals surface area (Å²) in [4.78, 5) is 4.35. The normalized spacial score (nSPS) is 14.3. The first kappa shape index (κ1) is 15.5. The second-order valence-electron chi connectivity index (χ2n) is 5.30. The molecule has 1 aromatic carbocycles. The molecule has 3 rings (SSSR count). The summed E-state index contributed by atoms with van der Waals surface area (Å²) in [6.07, 6.45) is 0.793. The van der Waals surface area contributed by atoms with Gasteiger partial charge in [-0.25, -0.2) is 13.4 Å². The van der Waals surface area contributed by atoms with E-state index in [1.165, 1.54) is 4.31 Å². The van der Waals surface area contributed by atoms with E-state index in [2.05, 4.69) is 10.3 Å². The summed E-state index contributed by atoms with van der Waals surface area (Å²) < 4.78 is 26.5. The van der Waals surface area contributed by atoms with Crippen LogP contribution >= 0.6 is 11.3 Å². The molecule has 0 fully saturated rings. The maximum absolute atomic E-state index is 12.5. The predicted octanol–water partition coefficient (Wildman–Crippen LogP) is 1.93. The minimum atomic E-state index is -3.27. The quantitative estimate of drug-likeness (QED) is 0.818. The zero-order chi connectivity index (χ0) is 15.6. The van der Waals surface area contributed by atoms with Crippen molar-refractivity contribution in [1.29, 1.82) is 0 Å². The van der Waals surface area contributed by atoms with E-state index in [0.29, 0.717) is 19.6 Å². The van der Waals surface area contributed by atoms with E-state index in [1.54, 1.807) is 11.3 Å². The van der Waals surface area contributed by atoms with Crippen LogP contribution < -0.4 is 9.62 Å². The van der Waals surface area contributed by atoms with Gasteiger partial charge in [-0.05, 0) is 25.0 Å². The standard InChI is InChI=1S/C15H19N3O2S2/c1-12-17-14(11-21-12)10-16-7-9-22(19,20)18-8-6-13-4-2-3-5-15(13)18/h2-5,11,16H,6-10H2,1H3. The second-order valence-corrected chi connectivity index (χ2v) is 8.38. The zero-order valence-electron chi connectivity index (χ0n) is 12.4. The third-order valence-corrected chi connectivity index (χ3v) is 6.28. The average Bonchev–Trinajstić information content (AvgIpc) is 3.10. The van der Waals surface area contributed by atoms with Crippen LogP contribution in [0.5, 0.6) is 0 Å². The van der Waals surface area contributed by atoms with Crippen LogP contribution in [0.3, 0.4) is 0 Å². The van der Waals surface area contributed by atoms with Gasteiger partial charge in [-0.3, -0.25) is 4.31 Å². The molecule has 5 nitrogen and oxygen atoms in total. The fourth-order valence-electron chi connectivity index (χ4n) is 2.61. The Hall–Kier alpha value is -1.44. The zero-order valence-corrected chi connectivity index (χ0v) is 14.1. The highest BCUT2D eigenvalue weighted by Gasteiger charge is 2.28. The number of thiazole rings is 1. The number of anilines is 1. The molecule has 1 aliphatic heterocycles. The Morgan fingerprint density at radius 1 is 1.36 bits per heavy atom. The minimum Gasteiger partial charge on any atom is -0.310 e. The Morgan fingerprint density at radius 3 is 2.95 bits per heavy atom. The summed E-state index contributed by atoms with van der Waals surface area (Å²) in [6, 6.07) is 7.71. The minimum absolute atomic E-state index is 0.102. The molecule has 0 saturated heterocycles. The molecular weight excluding hydrogens is 318 g/mol. The smallest absolute Gasteiger partial charge is 0.236 e. The number of nitrogens with one attached hydrogen (secondary N) is 1. The van der Waals surface area contributed by atoms with E-state index in [4.69, 9.17) is 0 Å². The summed E-state index contributed by atoms with van der Waals surface area (Å²) in [7, 11) is -3.27. The van der Waals surface area contributed by atoms with Crippen molar-refractivity contribution in [3.8, 4) is 0 Å². The van der Waals surface area contributed by atoms with E-state index in [-0.39, 0.29) is 5.75 Å². The van der Waals surface area contributed by atoms with E-state index in [1.807, 2.05) is 36.6 Å². The molecule has 1 aromatic heterocycles. The van der Waals surface area contributed by atoms with Gasteiger partial charge >= 0.3 is 0 Å². The van der Waals surface area contributed by atoms with Crippen LogP contribution in [0.25, 0.3) is 0 Å². The summed E-state index contributed by atoms with van der Waals surface area (Å²) in [5.41, 5.74) is 2.90. The van der Waals surface area contributed by atoms with Crippen LogP contribution in [0.1, 0.15) is 16.3 Å². The van der Waals surface area contributed by atoms with Gasteiger partial charge in [-0.1, -0.05) is 18.2 Å². The third kappa shape index (κ3) is 3.31. The molecule has 7 heteroatoms. The summed E-state index contributed by atoms with van der Waals surface area (Å²) in [5.74, 6) is 0.102. The molecule has 0 bridgehead atoms. The van der Waals surface area contributed by atoms with Crippen LogP contribution in [-0.2, 0) is 23.0 Å². The first-order valence-electron chi connectivity index (χ1n) is 7.26. The molecule has 0 atom stereocenters. The van der Waals surface area contributed by atoms with E-state index in [9.17, 15) is 8.42 Å². The van der Waals surface area contributed by atoms with Gasteiger partial charge in [0.2, 0.25) is 10.0 Å². The SMILES string of the molecule is Cc1nc(CNCCS(=O)(=O)N2CCc3ccccc32)cs1. The lowest BCUT2D eigenvalue weighted by Crippen LogP contribution is -2.35. The van der Waals surface area contributed by atoms with Gasteiger partial charge in [0.1, 0.15) is 0 Å². The third-order valence-electron chi connectivity index (χ3n) is 3.69. The Bertz CT molecular complexity index is 756. The molecule has 22 heavy (non-hydrogen) atoms. The Balaban J connectivity index is 1.56. The van der Waals surface area contributed by atoms with Gasteiger partial charge in [0.15, 0.2) is 0 Å². The topological polar surface area (TPSA) is 62.3 Å². The lowest BCUT2D eigenvalue weighted by molar-refractivity contribution is 0.586. The summed E-state index contributed by atoms with van der Waals surface area (Å²) >= 11 is 1.60. The van der Waals surface area contributed by atoms with Gasteiger partial charge in [-0.2, -0.15) is 0 Å². The monoisotopic (exact) mass is 337 g/mol. The number of hydrogen-bond donors (Lipinski definition) is 1. The highest BCUT2D eigenvalue weighted by molar-refractivity contribution is 7.92. The molecule has 2 heterocycles. The Kier molecular flexibility index (Phi) is 4.46. The van der Waals surface area contributed by atoms with Crippen molar-refractivity contribution in [2.45, 2.75) is 19.9 Å². The molecule has 0 amide bonds. The number of nitrogens with zero attached hydrogens (tertiary/aromatic N) is 2. The maximum Gasteiger partial charge on any atom is 0.236 e. The van der Waals surface area contributed by atoms with Gasteiger partial charge in [-0.15, -0.1) is 11.3 Å². The second kappa shape index (κ2) is 6.36. The van der Waals surface area contributed by atoms with Gasteiger partial charge in [0.05, 0.1) is 22.1 Å². The van der Waals surface area contributed by atoms with E-state index in [0.717, 1.165) is 28.4 Å². The lowest BCUT2D eigenvalue weighted by Gasteiger charge is -2.19. The van der Waals surface area contributed by atoms with E-state index < -0.39 is 10.0 Å². The Morgan fingerprint density at radius 2 is 2.18 bits per heavy atom.